The Labute approximate surface area is 151 Å². The number of hydrogen-bond acceptors (Lipinski definition) is 3. The molecular formula is C21H31NO3. The predicted octanol–water partition coefficient (Wildman–Crippen LogP) is 3.88. The van der Waals surface area contributed by atoms with E-state index >= 15 is 0 Å². The summed E-state index contributed by atoms with van der Waals surface area (Å²) in [5.41, 5.74) is 0.0482. The Morgan fingerprint density at radius 3 is 2.88 bits per heavy atom. The van der Waals surface area contributed by atoms with Crippen molar-refractivity contribution in [3.63, 3.8) is 0 Å². The van der Waals surface area contributed by atoms with Crippen LogP contribution in [0.25, 0.3) is 0 Å². The SMILES string of the molecule is CCCCOc1ccccc1C(=O)N1C[C@@H]2CCC[C@@](O)(CC)[C@@H]2C1. The summed E-state index contributed by atoms with van der Waals surface area (Å²) in [7, 11) is 0. The lowest BCUT2D eigenvalue weighted by molar-refractivity contribution is -0.0609. The molecule has 1 aromatic carbocycles. The highest BCUT2D eigenvalue weighted by Crippen LogP contribution is 2.44. The second-order valence-electron chi connectivity index (χ2n) is 7.62. The maximum atomic E-state index is 13.1. The van der Waals surface area contributed by atoms with Crippen LogP contribution in [0.5, 0.6) is 5.75 Å². The molecule has 25 heavy (non-hydrogen) atoms. The molecule has 2 fully saturated rings. The molecule has 1 amide bonds. The van der Waals surface area contributed by atoms with Crippen LogP contribution in [0.15, 0.2) is 24.3 Å². The number of amides is 1. The lowest BCUT2D eigenvalue weighted by Gasteiger charge is -2.40. The van der Waals surface area contributed by atoms with E-state index < -0.39 is 5.60 Å². The lowest BCUT2D eigenvalue weighted by atomic mass is 9.69. The van der Waals surface area contributed by atoms with E-state index in [0.717, 1.165) is 45.1 Å². The van der Waals surface area contributed by atoms with Crippen molar-refractivity contribution in [1.82, 2.24) is 4.90 Å². The zero-order valence-corrected chi connectivity index (χ0v) is 15.5. The van der Waals surface area contributed by atoms with Crippen LogP contribution in [-0.2, 0) is 0 Å². The van der Waals surface area contributed by atoms with Gasteiger partial charge in [0.05, 0.1) is 17.8 Å². The highest BCUT2D eigenvalue weighted by atomic mass is 16.5. The number of benzene rings is 1. The van der Waals surface area contributed by atoms with Gasteiger partial charge in [-0.15, -0.1) is 0 Å². The van der Waals surface area contributed by atoms with E-state index in [4.69, 9.17) is 4.74 Å². The third-order valence-electron chi connectivity index (χ3n) is 6.09. The normalized spacial score (nSPS) is 28.7. The van der Waals surface area contributed by atoms with Gasteiger partial charge >= 0.3 is 0 Å². The molecule has 0 aromatic heterocycles. The van der Waals surface area contributed by atoms with Gasteiger partial charge in [0.25, 0.3) is 5.91 Å². The first-order chi connectivity index (χ1) is 12.1. The van der Waals surface area contributed by atoms with Crippen molar-refractivity contribution in [3.8, 4) is 5.75 Å². The first kappa shape index (κ1) is 18.2. The topological polar surface area (TPSA) is 49.8 Å². The minimum Gasteiger partial charge on any atom is -0.493 e. The van der Waals surface area contributed by atoms with Crippen molar-refractivity contribution in [2.45, 2.75) is 58.0 Å². The lowest BCUT2D eigenvalue weighted by Crippen LogP contribution is -2.44. The Morgan fingerprint density at radius 1 is 1.32 bits per heavy atom. The van der Waals surface area contributed by atoms with Crippen LogP contribution in [0.3, 0.4) is 0 Å². The number of fused-ring (bicyclic) bond motifs is 1. The van der Waals surface area contributed by atoms with Gasteiger partial charge in [0.15, 0.2) is 0 Å². The largest absolute Gasteiger partial charge is 0.493 e. The number of ether oxygens (including phenoxy) is 1. The zero-order chi connectivity index (χ0) is 17.9. The molecular weight excluding hydrogens is 314 g/mol. The summed E-state index contributed by atoms with van der Waals surface area (Å²) in [5.74, 6) is 1.36. The summed E-state index contributed by atoms with van der Waals surface area (Å²) in [6.07, 6.45) is 5.87. The van der Waals surface area contributed by atoms with Crippen LogP contribution in [0, 0.1) is 11.8 Å². The zero-order valence-electron chi connectivity index (χ0n) is 15.5. The number of hydrogen-bond donors (Lipinski definition) is 1. The van der Waals surface area contributed by atoms with Gasteiger partial charge in [0.2, 0.25) is 0 Å². The molecule has 0 spiro atoms. The average molecular weight is 345 g/mol. The van der Waals surface area contributed by atoms with E-state index in [1.165, 1.54) is 0 Å². The molecule has 0 bridgehead atoms. The van der Waals surface area contributed by atoms with Gasteiger partial charge in [-0.2, -0.15) is 0 Å². The minimum absolute atomic E-state index is 0.0416. The summed E-state index contributed by atoms with van der Waals surface area (Å²) >= 11 is 0. The number of carbonyl (C=O) groups excluding carboxylic acids is 1. The van der Waals surface area contributed by atoms with E-state index in [2.05, 4.69) is 13.8 Å². The summed E-state index contributed by atoms with van der Waals surface area (Å²) in [6, 6.07) is 7.55. The summed E-state index contributed by atoms with van der Waals surface area (Å²) in [6.45, 7) is 6.25. The van der Waals surface area contributed by atoms with Gasteiger partial charge in [-0.3, -0.25) is 4.79 Å². The average Bonchev–Trinajstić information content (AvgIpc) is 3.08. The Bertz CT molecular complexity index is 603. The molecule has 4 heteroatoms. The van der Waals surface area contributed by atoms with Crippen molar-refractivity contribution >= 4 is 5.91 Å². The Hall–Kier alpha value is -1.55. The van der Waals surface area contributed by atoms with Gasteiger partial charge in [0, 0.05) is 19.0 Å². The molecule has 1 aromatic rings. The molecule has 138 valence electrons. The molecule has 3 atom stereocenters. The van der Waals surface area contributed by atoms with Crippen LogP contribution in [0.2, 0.25) is 0 Å². The maximum Gasteiger partial charge on any atom is 0.257 e. The highest BCUT2D eigenvalue weighted by molar-refractivity contribution is 5.97. The molecule has 1 aliphatic heterocycles. The molecule has 2 aliphatic rings. The van der Waals surface area contributed by atoms with Crippen LogP contribution in [0.1, 0.15) is 62.7 Å². The molecule has 1 heterocycles. The van der Waals surface area contributed by atoms with Crippen molar-refractivity contribution in [3.05, 3.63) is 29.8 Å². The maximum absolute atomic E-state index is 13.1. The quantitative estimate of drug-likeness (QED) is 0.796. The van der Waals surface area contributed by atoms with Crippen molar-refractivity contribution in [2.75, 3.05) is 19.7 Å². The van der Waals surface area contributed by atoms with Crippen molar-refractivity contribution in [1.29, 1.82) is 0 Å². The number of carbonyl (C=O) groups is 1. The van der Waals surface area contributed by atoms with E-state index in [-0.39, 0.29) is 11.8 Å². The van der Waals surface area contributed by atoms with E-state index in [1.54, 1.807) is 0 Å². The summed E-state index contributed by atoms with van der Waals surface area (Å²) in [5, 5.41) is 11.0. The summed E-state index contributed by atoms with van der Waals surface area (Å²) in [4.78, 5) is 15.0. The van der Waals surface area contributed by atoms with Crippen LogP contribution < -0.4 is 4.74 Å². The number of aliphatic hydroxyl groups is 1. The fourth-order valence-corrected chi connectivity index (χ4v) is 4.50. The minimum atomic E-state index is -0.602. The molecule has 3 rings (SSSR count). The van der Waals surface area contributed by atoms with Crippen LogP contribution >= 0.6 is 0 Å². The molecule has 1 aliphatic carbocycles. The first-order valence-electron chi connectivity index (χ1n) is 9.82. The molecule has 0 unspecified atom stereocenters. The number of para-hydroxylation sites is 1. The van der Waals surface area contributed by atoms with E-state index in [0.29, 0.717) is 30.4 Å². The van der Waals surface area contributed by atoms with E-state index in [9.17, 15) is 9.90 Å². The van der Waals surface area contributed by atoms with E-state index in [1.807, 2.05) is 29.2 Å². The fourth-order valence-electron chi connectivity index (χ4n) is 4.50. The van der Waals surface area contributed by atoms with Gasteiger partial charge in [-0.25, -0.2) is 0 Å². The molecule has 4 nitrogen and oxygen atoms in total. The third-order valence-corrected chi connectivity index (χ3v) is 6.09. The summed E-state index contributed by atoms with van der Waals surface area (Å²) < 4.78 is 5.84. The smallest absolute Gasteiger partial charge is 0.257 e. The molecule has 0 radical (unpaired) electrons. The monoisotopic (exact) mass is 345 g/mol. The first-order valence-corrected chi connectivity index (χ1v) is 9.82. The Balaban J connectivity index is 1.74. The Morgan fingerprint density at radius 2 is 2.12 bits per heavy atom. The molecule has 1 saturated carbocycles. The highest BCUT2D eigenvalue weighted by Gasteiger charge is 2.48. The van der Waals surface area contributed by atoms with Gasteiger partial charge in [-0.05, 0) is 43.7 Å². The second-order valence-corrected chi connectivity index (χ2v) is 7.62. The molecule has 1 saturated heterocycles. The fraction of sp³-hybridized carbons (Fsp3) is 0.667. The molecule has 1 N–H and O–H groups in total. The van der Waals surface area contributed by atoms with Crippen molar-refractivity contribution in [2.24, 2.45) is 11.8 Å². The number of likely N-dealkylation sites (tertiary alicyclic amines) is 1. The van der Waals surface area contributed by atoms with Gasteiger partial charge in [0.1, 0.15) is 5.75 Å². The van der Waals surface area contributed by atoms with Crippen molar-refractivity contribution < 1.29 is 14.6 Å². The van der Waals surface area contributed by atoms with Gasteiger partial charge < -0.3 is 14.7 Å². The number of rotatable bonds is 6. The van der Waals surface area contributed by atoms with Crippen LogP contribution in [0.4, 0.5) is 0 Å². The predicted molar refractivity (Wildman–Crippen MR) is 98.8 cm³/mol. The third kappa shape index (κ3) is 3.69. The van der Waals surface area contributed by atoms with Crippen LogP contribution in [-0.4, -0.2) is 41.2 Å². The second kappa shape index (κ2) is 7.77. The Kier molecular flexibility index (Phi) is 5.67. The van der Waals surface area contributed by atoms with Gasteiger partial charge in [-0.1, -0.05) is 38.8 Å². The standard InChI is InChI=1S/C21H31NO3/c1-3-5-13-25-19-11-7-6-10-17(19)20(23)22-14-16-9-8-12-21(24,4-2)18(16)15-22/h6-7,10-11,16,18,24H,3-5,8-9,12-15H2,1-2H3/t16-,18+,21-/m0/s1. The number of nitrogens with zero attached hydrogens (tertiary/aromatic N) is 1. The number of unbranched alkanes of at least 4 members (excludes halogenated alkanes) is 1.